The van der Waals surface area contributed by atoms with Gasteiger partial charge in [0.25, 0.3) is 0 Å². The van der Waals surface area contributed by atoms with Gasteiger partial charge < -0.3 is 14.2 Å². The number of fused-ring (bicyclic) bond motifs is 3. The van der Waals surface area contributed by atoms with Crippen LogP contribution in [0.1, 0.15) is 45.6 Å². The highest BCUT2D eigenvalue weighted by Gasteiger charge is 2.53. The van der Waals surface area contributed by atoms with Crippen LogP contribution in [-0.4, -0.2) is 24.4 Å². The van der Waals surface area contributed by atoms with Crippen LogP contribution in [0.15, 0.2) is 24.3 Å². The lowest BCUT2D eigenvalue weighted by molar-refractivity contribution is -0.273. The van der Waals surface area contributed by atoms with Crippen molar-refractivity contribution in [3.8, 4) is 5.75 Å². The van der Waals surface area contributed by atoms with Crippen molar-refractivity contribution in [1.82, 2.24) is 0 Å². The van der Waals surface area contributed by atoms with E-state index in [1.54, 1.807) is 7.11 Å². The number of rotatable bonds is 4. The maximum Gasteiger partial charge on any atom is 0.118 e. The fraction of sp³-hybridized carbons (Fsp3) is 0.667. The zero-order chi connectivity index (χ0) is 15.1. The lowest BCUT2D eigenvalue weighted by Crippen LogP contribution is -2.60. The van der Waals surface area contributed by atoms with Crippen LogP contribution in [0.3, 0.4) is 0 Å². The van der Waals surface area contributed by atoms with Crippen molar-refractivity contribution >= 4 is 0 Å². The summed E-state index contributed by atoms with van der Waals surface area (Å²) in [5.74, 6) is 1.38. The molecule has 3 atom stereocenters. The second-order valence-electron chi connectivity index (χ2n) is 7.20. The van der Waals surface area contributed by atoms with E-state index < -0.39 is 0 Å². The maximum absolute atomic E-state index is 6.28. The van der Waals surface area contributed by atoms with Crippen LogP contribution in [0.25, 0.3) is 0 Å². The Kier molecular flexibility index (Phi) is 3.74. The number of hydrogen-bond donors (Lipinski definition) is 0. The molecular formula is C18H26O3. The summed E-state index contributed by atoms with van der Waals surface area (Å²) >= 11 is 0. The van der Waals surface area contributed by atoms with E-state index in [2.05, 4.69) is 32.9 Å². The highest BCUT2D eigenvalue weighted by Crippen LogP contribution is 2.50. The third-order valence-electron chi connectivity index (χ3n) is 5.09. The van der Waals surface area contributed by atoms with E-state index in [9.17, 15) is 0 Å². The summed E-state index contributed by atoms with van der Waals surface area (Å²) in [6.45, 7) is 7.31. The van der Waals surface area contributed by atoms with Gasteiger partial charge in [0.1, 0.15) is 5.75 Å². The largest absolute Gasteiger partial charge is 0.497 e. The molecule has 0 amide bonds. The van der Waals surface area contributed by atoms with E-state index in [0.29, 0.717) is 18.6 Å². The molecule has 0 N–H and O–H groups in total. The first kappa shape index (κ1) is 14.9. The zero-order valence-corrected chi connectivity index (χ0v) is 13.5. The van der Waals surface area contributed by atoms with Gasteiger partial charge in [-0.1, -0.05) is 12.1 Å². The van der Waals surface area contributed by atoms with Crippen molar-refractivity contribution in [1.29, 1.82) is 0 Å². The van der Waals surface area contributed by atoms with Crippen molar-refractivity contribution in [2.45, 2.75) is 63.9 Å². The highest BCUT2D eigenvalue weighted by molar-refractivity contribution is 5.26. The quantitative estimate of drug-likeness (QED) is 0.840. The van der Waals surface area contributed by atoms with Gasteiger partial charge in [0, 0.05) is 12.3 Å². The minimum Gasteiger partial charge on any atom is -0.497 e. The standard InChI is InChI=1S/C18H26O3/c1-17(2)15-9-10-18(3,21-17)11-16(15)20-12-13-5-7-14(19-4)8-6-13/h5-8,15-16H,9-12H2,1-4H3/t15-,16+,18+/m1/s1. The fourth-order valence-electron chi connectivity index (χ4n) is 4.02. The maximum atomic E-state index is 6.28. The van der Waals surface area contributed by atoms with Gasteiger partial charge in [-0.3, -0.25) is 0 Å². The van der Waals surface area contributed by atoms with Crippen LogP contribution in [0.5, 0.6) is 5.75 Å². The molecule has 0 radical (unpaired) electrons. The molecule has 1 saturated carbocycles. The van der Waals surface area contributed by atoms with E-state index in [4.69, 9.17) is 14.2 Å². The Morgan fingerprint density at radius 1 is 1.19 bits per heavy atom. The summed E-state index contributed by atoms with van der Waals surface area (Å²) in [4.78, 5) is 0. The Labute approximate surface area is 127 Å². The molecule has 2 aliphatic heterocycles. The molecule has 2 saturated heterocycles. The highest BCUT2D eigenvalue weighted by atomic mass is 16.5. The van der Waals surface area contributed by atoms with Crippen molar-refractivity contribution in [3.05, 3.63) is 29.8 Å². The number of ether oxygens (including phenoxy) is 3. The first-order valence-corrected chi connectivity index (χ1v) is 7.87. The molecule has 0 unspecified atom stereocenters. The van der Waals surface area contributed by atoms with Crippen molar-refractivity contribution in [3.63, 3.8) is 0 Å². The van der Waals surface area contributed by atoms with E-state index in [1.807, 2.05) is 12.1 Å². The van der Waals surface area contributed by atoms with Gasteiger partial charge in [0.2, 0.25) is 0 Å². The van der Waals surface area contributed by atoms with Gasteiger partial charge in [0.05, 0.1) is 31.0 Å². The fourth-order valence-corrected chi connectivity index (χ4v) is 4.02. The minimum absolute atomic E-state index is 0.0111. The predicted molar refractivity (Wildman–Crippen MR) is 82.5 cm³/mol. The molecule has 2 heterocycles. The molecule has 3 fully saturated rings. The SMILES string of the molecule is COc1ccc(CO[C@H]2C[C@]3(C)CC[C@H]2C(C)(C)O3)cc1. The van der Waals surface area contributed by atoms with Crippen LogP contribution in [0.4, 0.5) is 0 Å². The van der Waals surface area contributed by atoms with Gasteiger partial charge in [0.15, 0.2) is 0 Å². The summed E-state index contributed by atoms with van der Waals surface area (Å²) in [7, 11) is 1.69. The second-order valence-corrected chi connectivity index (χ2v) is 7.20. The smallest absolute Gasteiger partial charge is 0.118 e. The molecule has 0 aromatic heterocycles. The first-order chi connectivity index (χ1) is 9.92. The van der Waals surface area contributed by atoms with Crippen LogP contribution >= 0.6 is 0 Å². The molecule has 4 rings (SSSR count). The molecule has 3 nitrogen and oxygen atoms in total. The van der Waals surface area contributed by atoms with Crippen LogP contribution < -0.4 is 4.74 Å². The number of hydrogen-bond acceptors (Lipinski definition) is 3. The normalized spacial score (nSPS) is 33.9. The van der Waals surface area contributed by atoms with Gasteiger partial charge in [-0.05, 0) is 51.3 Å². The molecule has 3 heteroatoms. The molecule has 3 aliphatic rings. The molecule has 0 spiro atoms. The summed E-state index contributed by atoms with van der Waals surface area (Å²) in [6.07, 6.45) is 3.67. The zero-order valence-electron chi connectivity index (χ0n) is 13.5. The summed E-state index contributed by atoms with van der Waals surface area (Å²) in [5.41, 5.74) is 1.11. The second kappa shape index (κ2) is 5.29. The lowest BCUT2D eigenvalue weighted by Gasteiger charge is -2.57. The molecular weight excluding hydrogens is 264 g/mol. The molecule has 1 aliphatic carbocycles. The first-order valence-electron chi connectivity index (χ1n) is 7.87. The third-order valence-corrected chi connectivity index (χ3v) is 5.09. The Morgan fingerprint density at radius 3 is 2.48 bits per heavy atom. The van der Waals surface area contributed by atoms with Gasteiger partial charge in [-0.15, -0.1) is 0 Å². The predicted octanol–water partition coefficient (Wildman–Crippen LogP) is 3.95. The molecule has 2 bridgehead atoms. The minimum atomic E-state index is -0.0736. The van der Waals surface area contributed by atoms with E-state index in [0.717, 1.165) is 18.6 Å². The molecule has 1 aromatic carbocycles. The number of benzene rings is 1. The van der Waals surface area contributed by atoms with Crippen LogP contribution in [-0.2, 0) is 16.1 Å². The summed E-state index contributed by atoms with van der Waals surface area (Å²) in [6, 6.07) is 8.12. The van der Waals surface area contributed by atoms with Crippen LogP contribution in [0.2, 0.25) is 0 Å². The average molecular weight is 290 g/mol. The van der Waals surface area contributed by atoms with Gasteiger partial charge >= 0.3 is 0 Å². The van der Waals surface area contributed by atoms with E-state index >= 15 is 0 Å². The van der Waals surface area contributed by atoms with Crippen molar-refractivity contribution in [2.24, 2.45) is 5.92 Å². The topological polar surface area (TPSA) is 27.7 Å². The molecule has 116 valence electrons. The van der Waals surface area contributed by atoms with E-state index in [1.165, 1.54) is 12.0 Å². The Balaban J connectivity index is 1.65. The average Bonchev–Trinajstić information content (AvgIpc) is 2.43. The van der Waals surface area contributed by atoms with E-state index in [-0.39, 0.29) is 11.2 Å². The third kappa shape index (κ3) is 2.95. The molecule has 1 aromatic rings. The Bertz CT molecular complexity index is 491. The Morgan fingerprint density at radius 2 is 1.90 bits per heavy atom. The van der Waals surface area contributed by atoms with Gasteiger partial charge in [-0.2, -0.15) is 0 Å². The van der Waals surface area contributed by atoms with Gasteiger partial charge in [-0.25, -0.2) is 0 Å². The number of methoxy groups -OCH3 is 1. The summed E-state index contributed by atoms with van der Waals surface area (Å²) < 4.78 is 17.7. The molecule has 21 heavy (non-hydrogen) atoms. The monoisotopic (exact) mass is 290 g/mol. The van der Waals surface area contributed by atoms with Crippen molar-refractivity contribution < 1.29 is 14.2 Å². The Hall–Kier alpha value is -1.06. The lowest BCUT2D eigenvalue weighted by atomic mass is 9.67. The summed E-state index contributed by atoms with van der Waals surface area (Å²) in [5, 5.41) is 0. The van der Waals surface area contributed by atoms with Crippen LogP contribution in [0, 0.1) is 5.92 Å². The van der Waals surface area contributed by atoms with Crippen molar-refractivity contribution in [2.75, 3.05) is 7.11 Å².